The first-order valence-electron chi connectivity index (χ1n) is 9.89. The van der Waals surface area contributed by atoms with Crippen LogP contribution in [0.5, 0.6) is 0 Å². The molecular weight excluding hydrogens is 392 g/mol. The number of fused-ring (bicyclic) bond motifs is 1. The third-order valence-electron chi connectivity index (χ3n) is 5.28. The number of carbonyl (C=O) groups is 1. The number of anilines is 1. The van der Waals surface area contributed by atoms with E-state index >= 15 is 0 Å². The minimum atomic E-state index is -0.0692. The van der Waals surface area contributed by atoms with Crippen molar-refractivity contribution in [1.29, 1.82) is 5.26 Å². The van der Waals surface area contributed by atoms with Crippen LogP contribution in [-0.4, -0.2) is 61.6 Å². The van der Waals surface area contributed by atoms with Gasteiger partial charge in [0, 0.05) is 55.9 Å². The van der Waals surface area contributed by atoms with Gasteiger partial charge in [0.15, 0.2) is 0 Å². The van der Waals surface area contributed by atoms with Crippen molar-refractivity contribution in [3.8, 4) is 17.3 Å². The van der Waals surface area contributed by atoms with Crippen molar-refractivity contribution in [1.82, 2.24) is 29.5 Å². The summed E-state index contributed by atoms with van der Waals surface area (Å²) >= 11 is 0. The summed E-state index contributed by atoms with van der Waals surface area (Å²) in [5.41, 5.74) is 2.81. The molecule has 1 saturated heterocycles. The first kappa shape index (κ1) is 18.7. The number of hydrogen-bond acceptors (Lipinski definition) is 7. The van der Waals surface area contributed by atoms with E-state index in [-0.39, 0.29) is 5.91 Å². The van der Waals surface area contributed by atoms with Crippen molar-refractivity contribution in [3.05, 3.63) is 72.2 Å². The van der Waals surface area contributed by atoms with Crippen molar-refractivity contribution in [2.45, 2.75) is 0 Å². The van der Waals surface area contributed by atoms with E-state index in [0.29, 0.717) is 49.0 Å². The highest BCUT2D eigenvalue weighted by Crippen LogP contribution is 2.20. The summed E-state index contributed by atoms with van der Waals surface area (Å²) in [5.74, 6) is 1.03. The normalized spacial score (nSPS) is 13.9. The Balaban J connectivity index is 1.34. The zero-order chi connectivity index (χ0) is 21.2. The van der Waals surface area contributed by atoms with Crippen molar-refractivity contribution in [3.63, 3.8) is 0 Å². The van der Waals surface area contributed by atoms with Crippen LogP contribution in [0, 0.1) is 11.3 Å². The fourth-order valence-corrected chi connectivity index (χ4v) is 3.66. The molecule has 1 amide bonds. The number of carbonyl (C=O) groups excluding carboxylic acids is 1. The number of nitrogens with zero attached hydrogens (tertiary/aromatic N) is 8. The van der Waals surface area contributed by atoms with E-state index in [4.69, 9.17) is 5.26 Å². The van der Waals surface area contributed by atoms with Crippen LogP contribution < -0.4 is 4.90 Å². The van der Waals surface area contributed by atoms with E-state index in [0.717, 1.165) is 11.3 Å². The van der Waals surface area contributed by atoms with Crippen LogP contribution in [0.2, 0.25) is 0 Å². The van der Waals surface area contributed by atoms with Crippen molar-refractivity contribution in [2.24, 2.45) is 0 Å². The molecule has 0 saturated carbocycles. The molecule has 0 spiro atoms. The second-order valence-corrected chi connectivity index (χ2v) is 7.17. The molecule has 1 aliphatic heterocycles. The lowest BCUT2D eigenvalue weighted by Crippen LogP contribution is -2.49. The summed E-state index contributed by atoms with van der Waals surface area (Å²) < 4.78 is 1.72. The number of rotatable bonds is 3. The van der Waals surface area contributed by atoms with E-state index in [2.05, 4.69) is 31.0 Å². The van der Waals surface area contributed by atoms with Crippen molar-refractivity contribution >= 4 is 17.6 Å². The fourth-order valence-electron chi connectivity index (χ4n) is 3.66. The molecule has 0 bridgehead atoms. The number of nitriles is 1. The van der Waals surface area contributed by atoms with Gasteiger partial charge in [0.25, 0.3) is 11.7 Å². The number of benzene rings is 1. The lowest BCUT2D eigenvalue weighted by molar-refractivity contribution is 0.0746. The molecule has 1 aromatic carbocycles. The molecule has 1 aliphatic rings. The standard InChI is InChI=1S/C22H18N8O/c23-14-16-3-1-4-17(13-16)20(31)28-9-11-29(12-10-28)22-26-21-25-8-6-19(30(21)27-22)18-5-2-7-24-15-18/h1-8,13,15H,9-12H2. The van der Waals surface area contributed by atoms with Gasteiger partial charge in [-0.1, -0.05) is 6.07 Å². The van der Waals surface area contributed by atoms with Gasteiger partial charge in [-0.05, 0) is 36.4 Å². The average Bonchev–Trinajstić information content (AvgIpc) is 3.29. The second kappa shape index (κ2) is 7.84. The monoisotopic (exact) mass is 410 g/mol. The molecule has 0 aliphatic carbocycles. The maximum absolute atomic E-state index is 12.8. The fraction of sp³-hybridized carbons (Fsp3) is 0.182. The first-order chi connectivity index (χ1) is 15.2. The maximum Gasteiger partial charge on any atom is 0.254 e. The minimum Gasteiger partial charge on any atom is -0.336 e. The van der Waals surface area contributed by atoms with Gasteiger partial charge in [0.1, 0.15) is 0 Å². The van der Waals surface area contributed by atoms with Crippen molar-refractivity contribution < 1.29 is 4.79 Å². The van der Waals surface area contributed by atoms with Crippen LogP contribution in [0.1, 0.15) is 15.9 Å². The Kier molecular flexibility index (Phi) is 4.72. The molecule has 0 radical (unpaired) electrons. The van der Waals surface area contributed by atoms with Gasteiger partial charge in [-0.3, -0.25) is 9.78 Å². The first-order valence-corrected chi connectivity index (χ1v) is 9.89. The quantitative estimate of drug-likeness (QED) is 0.509. The molecule has 0 atom stereocenters. The van der Waals surface area contributed by atoms with Gasteiger partial charge < -0.3 is 9.80 Å². The highest BCUT2D eigenvalue weighted by molar-refractivity contribution is 5.94. The van der Waals surface area contributed by atoms with Gasteiger partial charge in [-0.2, -0.15) is 14.8 Å². The summed E-state index contributed by atoms with van der Waals surface area (Å²) in [6.07, 6.45) is 5.22. The molecule has 1 fully saturated rings. The Labute approximate surface area is 178 Å². The molecule has 5 rings (SSSR count). The Bertz CT molecular complexity index is 1290. The van der Waals surface area contributed by atoms with Crippen LogP contribution in [-0.2, 0) is 0 Å². The molecule has 4 aromatic rings. The van der Waals surface area contributed by atoms with E-state index in [9.17, 15) is 4.79 Å². The molecule has 0 unspecified atom stereocenters. The zero-order valence-corrected chi connectivity index (χ0v) is 16.6. The van der Waals surface area contributed by atoms with E-state index < -0.39 is 0 Å². The molecule has 0 N–H and O–H groups in total. The van der Waals surface area contributed by atoms with E-state index in [1.807, 2.05) is 18.2 Å². The van der Waals surface area contributed by atoms with E-state index in [1.165, 1.54) is 0 Å². The Morgan fingerprint density at radius 3 is 2.68 bits per heavy atom. The molecule has 9 heteroatoms. The Morgan fingerprint density at radius 2 is 1.90 bits per heavy atom. The third kappa shape index (κ3) is 3.55. The highest BCUT2D eigenvalue weighted by Gasteiger charge is 2.25. The third-order valence-corrected chi connectivity index (χ3v) is 5.28. The average molecular weight is 410 g/mol. The summed E-state index contributed by atoms with van der Waals surface area (Å²) in [4.78, 5) is 29.7. The lowest BCUT2D eigenvalue weighted by Gasteiger charge is -2.34. The Hall–Kier alpha value is -4.32. The summed E-state index contributed by atoms with van der Waals surface area (Å²) in [5, 5.41) is 13.7. The topological polar surface area (TPSA) is 103 Å². The van der Waals surface area contributed by atoms with Crippen LogP contribution in [0.15, 0.2) is 61.1 Å². The lowest BCUT2D eigenvalue weighted by atomic mass is 10.1. The molecule has 4 heterocycles. The van der Waals surface area contributed by atoms with Crippen LogP contribution in [0.3, 0.4) is 0 Å². The number of aromatic nitrogens is 5. The molecular formula is C22H18N8O. The zero-order valence-electron chi connectivity index (χ0n) is 16.6. The minimum absolute atomic E-state index is 0.0692. The SMILES string of the molecule is N#Cc1cccc(C(=O)N2CCN(c3nc4nccc(-c5cccnc5)n4n3)CC2)c1. The number of pyridine rings is 1. The van der Waals surface area contributed by atoms with Gasteiger partial charge in [-0.25, -0.2) is 4.98 Å². The van der Waals surface area contributed by atoms with Gasteiger partial charge in [0.2, 0.25) is 5.95 Å². The number of amides is 1. The molecule has 31 heavy (non-hydrogen) atoms. The largest absolute Gasteiger partial charge is 0.336 e. The van der Waals surface area contributed by atoms with Crippen molar-refractivity contribution in [2.75, 3.05) is 31.1 Å². The van der Waals surface area contributed by atoms with Crippen LogP contribution in [0.25, 0.3) is 17.0 Å². The summed E-state index contributed by atoms with van der Waals surface area (Å²) in [6, 6.07) is 14.6. The summed E-state index contributed by atoms with van der Waals surface area (Å²) in [6.45, 7) is 2.33. The number of piperazine rings is 1. The molecule has 3 aromatic heterocycles. The smallest absolute Gasteiger partial charge is 0.254 e. The van der Waals surface area contributed by atoms with Crippen LogP contribution >= 0.6 is 0 Å². The van der Waals surface area contributed by atoms with Crippen LogP contribution in [0.4, 0.5) is 5.95 Å². The molecule has 9 nitrogen and oxygen atoms in total. The van der Waals surface area contributed by atoms with E-state index in [1.54, 1.807) is 52.3 Å². The molecule has 152 valence electrons. The van der Waals surface area contributed by atoms with Gasteiger partial charge in [-0.15, -0.1) is 5.10 Å². The van der Waals surface area contributed by atoms with Gasteiger partial charge >= 0.3 is 0 Å². The second-order valence-electron chi connectivity index (χ2n) is 7.17. The Morgan fingerprint density at radius 1 is 1.03 bits per heavy atom. The van der Waals surface area contributed by atoms with Gasteiger partial charge in [0.05, 0.1) is 17.3 Å². The maximum atomic E-state index is 12.8. The highest BCUT2D eigenvalue weighted by atomic mass is 16.2. The summed E-state index contributed by atoms with van der Waals surface area (Å²) in [7, 11) is 0. The number of hydrogen-bond donors (Lipinski definition) is 0. The predicted octanol–water partition coefficient (Wildman–Crippen LogP) is 2.02. The predicted molar refractivity (Wildman–Crippen MR) is 113 cm³/mol.